The maximum absolute atomic E-state index is 12.6. The van der Waals surface area contributed by atoms with Gasteiger partial charge in [-0.1, -0.05) is 32.5 Å². The van der Waals surface area contributed by atoms with Gasteiger partial charge in [0.05, 0.1) is 18.0 Å². The SMILES string of the molecule is CC1CN(C2CCN(C(=O)CSc3nc(C(C)(C)C)cc(=O)[nH]3)CC2)C(=O)O1. The Bertz CT molecular complexity index is 796. The molecule has 0 aromatic carbocycles. The Morgan fingerprint density at radius 1 is 1.32 bits per heavy atom. The van der Waals surface area contributed by atoms with Crippen LogP contribution in [0.25, 0.3) is 0 Å². The summed E-state index contributed by atoms with van der Waals surface area (Å²) in [5.41, 5.74) is 0.269. The van der Waals surface area contributed by atoms with E-state index in [0.29, 0.717) is 30.5 Å². The summed E-state index contributed by atoms with van der Waals surface area (Å²) in [5, 5.41) is 0.467. The van der Waals surface area contributed by atoms with E-state index in [1.807, 2.05) is 32.6 Å². The molecule has 2 aliphatic heterocycles. The number of carbonyl (C=O) groups excluding carboxylic acids is 2. The maximum atomic E-state index is 12.6. The van der Waals surface area contributed by atoms with Crippen LogP contribution >= 0.6 is 11.8 Å². The lowest BCUT2D eigenvalue weighted by atomic mass is 9.92. The summed E-state index contributed by atoms with van der Waals surface area (Å²) in [6.07, 6.45) is 1.20. The Labute approximate surface area is 169 Å². The van der Waals surface area contributed by atoms with Crippen molar-refractivity contribution in [2.75, 3.05) is 25.4 Å². The number of nitrogens with one attached hydrogen (secondary N) is 1. The molecule has 0 aliphatic carbocycles. The molecule has 2 amide bonds. The van der Waals surface area contributed by atoms with Crippen LogP contribution in [-0.2, 0) is 14.9 Å². The van der Waals surface area contributed by atoms with Gasteiger partial charge in [0.25, 0.3) is 5.56 Å². The van der Waals surface area contributed by atoms with Crippen LogP contribution in [0.4, 0.5) is 4.79 Å². The van der Waals surface area contributed by atoms with Crippen molar-refractivity contribution >= 4 is 23.8 Å². The highest BCUT2D eigenvalue weighted by Gasteiger charge is 2.36. The summed E-state index contributed by atoms with van der Waals surface area (Å²) >= 11 is 1.25. The molecule has 2 aliphatic rings. The van der Waals surface area contributed by atoms with Gasteiger partial charge in [0.1, 0.15) is 6.10 Å². The zero-order valence-corrected chi connectivity index (χ0v) is 17.7. The first-order chi connectivity index (χ1) is 13.1. The van der Waals surface area contributed by atoms with Crippen LogP contribution < -0.4 is 5.56 Å². The Balaban J connectivity index is 1.52. The van der Waals surface area contributed by atoms with Crippen LogP contribution in [-0.4, -0.2) is 69.3 Å². The van der Waals surface area contributed by atoms with Crippen molar-refractivity contribution in [2.45, 2.75) is 63.3 Å². The van der Waals surface area contributed by atoms with Crippen LogP contribution in [0.5, 0.6) is 0 Å². The fraction of sp³-hybridized carbons (Fsp3) is 0.684. The normalized spacial score (nSPS) is 21.1. The number of H-pyrrole nitrogens is 1. The topological polar surface area (TPSA) is 95.6 Å². The minimum atomic E-state index is -0.249. The first-order valence-electron chi connectivity index (χ1n) is 9.63. The van der Waals surface area contributed by atoms with Crippen molar-refractivity contribution in [3.63, 3.8) is 0 Å². The van der Waals surface area contributed by atoms with Gasteiger partial charge in [-0.2, -0.15) is 0 Å². The zero-order chi connectivity index (χ0) is 20.5. The molecule has 9 heteroatoms. The van der Waals surface area contributed by atoms with E-state index in [1.54, 1.807) is 4.90 Å². The number of aromatic nitrogens is 2. The minimum Gasteiger partial charge on any atom is -0.444 e. The molecular weight excluding hydrogens is 380 g/mol. The fourth-order valence-electron chi connectivity index (χ4n) is 3.46. The van der Waals surface area contributed by atoms with Crippen molar-refractivity contribution in [1.82, 2.24) is 19.8 Å². The molecule has 3 rings (SSSR count). The van der Waals surface area contributed by atoms with E-state index in [4.69, 9.17) is 4.74 Å². The Kier molecular flexibility index (Phi) is 6.02. The van der Waals surface area contributed by atoms with Crippen molar-refractivity contribution in [1.29, 1.82) is 0 Å². The number of hydrogen-bond acceptors (Lipinski definition) is 6. The highest BCUT2D eigenvalue weighted by molar-refractivity contribution is 7.99. The molecule has 0 bridgehead atoms. The first kappa shape index (κ1) is 20.7. The monoisotopic (exact) mass is 408 g/mol. The predicted molar refractivity (Wildman–Crippen MR) is 107 cm³/mol. The van der Waals surface area contributed by atoms with Crippen molar-refractivity contribution in [3.05, 3.63) is 22.1 Å². The number of aromatic amines is 1. The summed E-state index contributed by atoms with van der Waals surface area (Å²) in [5.74, 6) is 0.244. The standard InChI is InChI=1S/C19H28N4O4S/c1-12-10-23(18(26)27-12)13-5-7-22(8-6-13)16(25)11-28-17-20-14(19(2,3)4)9-15(24)21-17/h9,12-13H,5-8,10-11H2,1-4H3,(H,20,21,24). The van der Waals surface area contributed by atoms with E-state index in [0.717, 1.165) is 12.8 Å². The van der Waals surface area contributed by atoms with Gasteiger partial charge in [-0.15, -0.1) is 0 Å². The summed E-state index contributed by atoms with van der Waals surface area (Å²) in [6, 6.07) is 1.64. The second-order valence-electron chi connectivity index (χ2n) is 8.43. The zero-order valence-electron chi connectivity index (χ0n) is 16.9. The highest BCUT2D eigenvalue weighted by atomic mass is 32.2. The third-order valence-electron chi connectivity index (χ3n) is 5.07. The van der Waals surface area contributed by atoms with E-state index in [1.165, 1.54) is 17.8 Å². The summed E-state index contributed by atoms with van der Waals surface area (Å²) in [4.78, 5) is 47.1. The van der Waals surface area contributed by atoms with Gasteiger partial charge in [-0.05, 0) is 19.8 Å². The van der Waals surface area contributed by atoms with Gasteiger partial charge in [0, 0.05) is 30.6 Å². The smallest absolute Gasteiger partial charge is 0.410 e. The number of nitrogens with zero attached hydrogens (tertiary/aromatic N) is 3. The molecule has 8 nitrogen and oxygen atoms in total. The first-order valence-corrected chi connectivity index (χ1v) is 10.6. The molecule has 2 saturated heterocycles. The molecule has 1 N–H and O–H groups in total. The van der Waals surface area contributed by atoms with Crippen LogP contribution in [0.15, 0.2) is 16.0 Å². The molecule has 1 unspecified atom stereocenters. The van der Waals surface area contributed by atoms with Gasteiger partial charge in [-0.3, -0.25) is 9.59 Å². The van der Waals surface area contributed by atoms with Crippen LogP contribution in [0.1, 0.15) is 46.2 Å². The van der Waals surface area contributed by atoms with Gasteiger partial charge < -0.3 is 19.5 Å². The molecule has 2 fully saturated rings. The van der Waals surface area contributed by atoms with Crippen molar-refractivity contribution in [3.8, 4) is 0 Å². The van der Waals surface area contributed by atoms with Crippen LogP contribution in [0, 0.1) is 0 Å². The molecular formula is C19H28N4O4S. The van der Waals surface area contributed by atoms with E-state index >= 15 is 0 Å². The molecule has 1 atom stereocenters. The summed E-state index contributed by atoms with van der Waals surface area (Å²) in [7, 11) is 0. The number of rotatable bonds is 4. The van der Waals surface area contributed by atoms with Gasteiger partial charge in [0.2, 0.25) is 5.91 Å². The Morgan fingerprint density at radius 2 is 2.00 bits per heavy atom. The minimum absolute atomic E-state index is 0.0182. The number of ether oxygens (including phenoxy) is 1. The number of piperidine rings is 1. The van der Waals surface area contributed by atoms with E-state index < -0.39 is 0 Å². The summed E-state index contributed by atoms with van der Waals surface area (Å²) < 4.78 is 5.20. The summed E-state index contributed by atoms with van der Waals surface area (Å²) in [6.45, 7) is 9.74. The Hall–Kier alpha value is -2.03. The average molecular weight is 409 g/mol. The van der Waals surface area contributed by atoms with Gasteiger partial charge >= 0.3 is 6.09 Å². The fourth-order valence-corrected chi connectivity index (χ4v) is 4.24. The molecule has 3 heterocycles. The number of thioether (sulfide) groups is 1. The number of cyclic esters (lactones) is 1. The lowest BCUT2D eigenvalue weighted by Gasteiger charge is -2.35. The third kappa shape index (κ3) is 4.87. The second kappa shape index (κ2) is 8.14. The van der Waals surface area contributed by atoms with Gasteiger partial charge in [0.15, 0.2) is 5.16 Å². The number of likely N-dealkylation sites (tertiary alicyclic amines) is 1. The Morgan fingerprint density at radius 3 is 2.57 bits per heavy atom. The van der Waals surface area contributed by atoms with E-state index in [9.17, 15) is 14.4 Å². The quantitative estimate of drug-likeness (QED) is 0.605. The van der Waals surface area contributed by atoms with E-state index in [2.05, 4.69) is 9.97 Å². The van der Waals surface area contributed by atoms with Gasteiger partial charge in [-0.25, -0.2) is 9.78 Å². The van der Waals surface area contributed by atoms with Crippen molar-refractivity contribution in [2.24, 2.45) is 0 Å². The molecule has 1 aromatic heterocycles. The molecule has 0 radical (unpaired) electrons. The lowest BCUT2D eigenvalue weighted by molar-refractivity contribution is -0.129. The number of carbonyl (C=O) groups is 2. The third-order valence-corrected chi connectivity index (χ3v) is 5.93. The molecule has 0 spiro atoms. The maximum Gasteiger partial charge on any atom is 0.410 e. The number of hydrogen-bond donors (Lipinski definition) is 1. The highest BCUT2D eigenvalue weighted by Crippen LogP contribution is 2.24. The van der Waals surface area contributed by atoms with Crippen molar-refractivity contribution < 1.29 is 14.3 Å². The number of amides is 2. The second-order valence-corrected chi connectivity index (χ2v) is 9.40. The molecule has 28 heavy (non-hydrogen) atoms. The molecule has 0 saturated carbocycles. The lowest BCUT2D eigenvalue weighted by Crippen LogP contribution is -2.47. The molecule has 154 valence electrons. The van der Waals surface area contributed by atoms with Crippen LogP contribution in [0.3, 0.4) is 0 Å². The average Bonchev–Trinajstić information content (AvgIpc) is 2.97. The van der Waals surface area contributed by atoms with E-state index in [-0.39, 0.29) is 40.9 Å². The predicted octanol–water partition coefficient (Wildman–Crippen LogP) is 1.99. The van der Waals surface area contributed by atoms with Crippen LogP contribution in [0.2, 0.25) is 0 Å². The molecule has 1 aromatic rings. The largest absolute Gasteiger partial charge is 0.444 e.